The van der Waals surface area contributed by atoms with Gasteiger partial charge in [-0.3, -0.25) is 4.79 Å². The summed E-state index contributed by atoms with van der Waals surface area (Å²) in [7, 11) is 1.74. The summed E-state index contributed by atoms with van der Waals surface area (Å²) in [4.78, 5) is 18.6. The first kappa shape index (κ1) is 12.3. The second kappa shape index (κ2) is 5.01. The summed E-state index contributed by atoms with van der Waals surface area (Å²) in [6.07, 6.45) is 0. The Kier molecular flexibility index (Phi) is 3.43. The number of aromatic nitrogens is 2. The molecule has 0 saturated carbocycles. The van der Waals surface area contributed by atoms with Crippen LogP contribution >= 0.6 is 0 Å². The van der Waals surface area contributed by atoms with Gasteiger partial charge in [-0.2, -0.15) is 4.98 Å². The van der Waals surface area contributed by atoms with Gasteiger partial charge in [-0.15, -0.1) is 0 Å². The summed E-state index contributed by atoms with van der Waals surface area (Å²) in [6.45, 7) is 2.28. The van der Waals surface area contributed by atoms with Crippen LogP contribution in [-0.4, -0.2) is 22.1 Å². The number of nitrogens with one attached hydrogen (secondary N) is 2. The van der Waals surface area contributed by atoms with Crippen LogP contribution in [0.4, 0.5) is 0 Å². The molecule has 94 valence electrons. The van der Waals surface area contributed by atoms with Crippen molar-refractivity contribution >= 4 is 0 Å². The van der Waals surface area contributed by atoms with Crippen LogP contribution < -0.4 is 10.9 Å². The van der Waals surface area contributed by atoms with E-state index in [1.54, 1.807) is 13.1 Å². The van der Waals surface area contributed by atoms with Gasteiger partial charge in [0.05, 0.1) is 6.54 Å². The minimum Gasteiger partial charge on any atom is -0.493 e. The van der Waals surface area contributed by atoms with Crippen LogP contribution in [0.3, 0.4) is 0 Å². The topological polar surface area (TPSA) is 78.0 Å². The predicted molar refractivity (Wildman–Crippen MR) is 69.5 cm³/mol. The van der Waals surface area contributed by atoms with Gasteiger partial charge in [-0.25, -0.2) is 0 Å². The molecule has 2 rings (SSSR count). The van der Waals surface area contributed by atoms with Crippen LogP contribution in [0.25, 0.3) is 11.1 Å². The number of aromatic hydroxyl groups is 1. The van der Waals surface area contributed by atoms with E-state index in [9.17, 15) is 9.90 Å². The van der Waals surface area contributed by atoms with Gasteiger partial charge < -0.3 is 15.4 Å². The molecule has 5 nitrogen and oxygen atoms in total. The summed E-state index contributed by atoms with van der Waals surface area (Å²) >= 11 is 0. The van der Waals surface area contributed by atoms with E-state index >= 15 is 0 Å². The number of nitrogens with zero attached hydrogens (tertiary/aromatic N) is 1. The highest BCUT2D eigenvalue weighted by Crippen LogP contribution is 2.25. The molecular weight excluding hydrogens is 230 g/mol. The third-order valence-electron chi connectivity index (χ3n) is 2.71. The normalized spacial score (nSPS) is 10.6. The fraction of sp³-hybridized carbons (Fsp3) is 0.231. The second-order valence-electron chi connectivity index (χ2n) is 4.06. The maximum Gasteiger partial charge on any atom is 0.262 e. The highest BCUT2D eigenvalue weighted by molar-refractivity contribution is 5.70. The molecule has 0 aliphatic heterocycles. The molecular formula is C13H15N3O2. The molecule has 0 fully saturated rings. The van der Waals surface area contributed by atoms with Crippen molar-refractivity contribution in [2.75, 3.05) is 7.05 Å². The largest absolute Gasteiger partial charge is 0.493 e. The average Bonchev–Trinajstić information content (AvgIpc) is 2.31. The van der Waals surface area contributed by atoms with Crippen LogP contribution in [0, 0.1) is 6.92 Å². The molecule has 2 aromatic rings. The zero-order valence-electron chi connectivity index (χ0n) is 10.3. The van der Waals surface area contributed by atoms with Crippen molar-refractivity contribution in [1.29, 1.82) is 0 Å². The molecule has 0 saturated heterocycles. The van der Waals surface area contributed by atoms with Crippen molar-refractivity contribution in [3.8, 4) is 17.0 Å². The lowest BCUT2D eigenvalue weighted by molar-refractivity contribution is 0.449. The van der Waals surface area contributed by atoms with Gasteiger partial charge >= 0.3 is 0 Å². The molecule has 1 aromatic heterocycles. The van der Waals surface area contributed by atoms with Crippen LogP contribution in [0.15, 0.2) is 29.1 Å². The molecule has 0 spiro atoms. The minimum atomic E-state index is -0.331. The quantitative estimate of drug-likeness (QED) is 0.758. The van der Waals surface area contributed by atoms with Gasteiger partial charge in [0.15, 0.2) is 0 Å². The molecule has 1 aromatic carbocycles. The second-order valence-corrected chi connectivity index (χ2v) is 4.06. The number of aromatic amines is 1. The number of hydrogen-bond acceptors (Lipinski definition) is 4. The maximum atomic E-state index is 12.0. The van der Waals surface area contributed by atoms with Crippen molar-refractivity contribution in [2.45, 2.75) is 13.5 Å². The Hall–Kier alpha value is -2.14. The van der Waals surface area contributed by atoms with E-state index in [2.05, 4.69) is 15.3 Å². The van der Waals surface area contributed by atoms with E-state index in [1.807, 2.05) is 25.1 Å². The monoisotopic (exact) mass is 245 g/mol. The summed E-state index contributed by atoms with van der Waals surface area (Å²) in [5.41, 5.74) is 1.50. The smallest absolute Gasteiger partial charge is 0.262 e. The fourth-order valence-electron chi connectivity index (χ4n) is 1.85. The Morgan fingerprint density at radius 1 is 1.39 bits per heavy atom. The summed E-state index contributed by atoms with van der Waals surface area (Å²) in [6, 6.07) is 7.38. The molecule has 0 amide bonds. The molecule has 0 bridgehead atoms. The van der Waals surface area contributed by atoms with Crippen molar-refractivity contribution in [2.24, 2.45) is 0 Å². The third kappa shape index (κ3) is 2.26. The van der Waals surface area contributed by atoms with Crippen LogP contribution in [0.1, 0.15) is 11.4 Å². The molecule has 0 atom stereocenters. The summed E-state index contributed by atoms with van der Waals surface area (Å²) in [5, 5.41) is 12.8. The number of H-pyrrole nitrogens is 1. The lowest BCUT2D eigenvalue weighted by Crippen LogP contribution is -2.18. The Labute approximate surface area is 105 Å². The van der Waals surface area contributed by atoms with E-state index < -0.39 is 0 Å². The summed E-state index contributed by atoms with van der Waals surface area (Å²) in [5.74, 6) is 0.177. The fourth-order valence-corrected chi connectivity index (χ4v) is 1.85. The highest BCUT2D eigenvalue weighted by atomic mass is 16.3. The molecule has 3 N–H and O–H groups in total. The van der Waals surface area contributed by atoms with Gasteiger partial charge in [0.25, 0.3) is 5.56 Å². The van der Waals surface area contributed by atoms with Gasteiger partial charge in [0.2, 0.25) is 5.88 Å². The maximum absolute atomic E-state index is 12.0. The predicted octanol–water partition coefficient (Wildman–Crippen LogP) is 1.17. The average molecular weight is 245 g/mol. The lowest BCUT2D eigenvalue weighted by Gasteiger charge is -2.08. The van der Waals surface area contributed by atoms with E-state index in [-0.39, 0.29) is 17.0 Å². The van der Waals surface area contributed by atoms with Gasteiger partial charge in [0.1, 0.15) is 11.4 Å². The van der Waals surface area contributed by atoms with Crippen LogP contribution in [0.5, 0.6) is 5.88 Å². The van der Waals surface area contributed by atoms with Gasteiger partial charge in [0, 0.05) is 0 Å². The van der Waals surface area contributed by atoms with Crippen molar-refractivity contribution in [3.05, 3.63) is 46.0 Å². The Morgan fingerprint density at radius 3 is 2.72 bits per heavy atom. The molecule has 0 unspecified atom stereocenters. The van der Waals surface area contributed by atoms with E-state index in [0.29, 0.717) is 17.9 Å². The van der Waals surface area contributed by atoms with Crippen molar-refractivity contribution < 1.29 is 5.11 Å². The first-order valence-corrected chi connectivity index (χ1v) is 5.66. The van der Waals surface area contributed by atoms with Gasteiger partial charge in [-0.1, -0.05) is 24.3 Å². The molecule has 5 heteroatoms. The summed E-state index contributed by atoms with van der Waals surface area (Å²) < 4.78 is 0. The number of aryl methyl sites for hydroxylation is 1. The zero-order valence-corrected chi connectivity index (χ0v) is 10.3. The van der Waals surface area contributed by atoms with E-state index in [0.717, 1.165) is 5.56 Å². The first-order valence-electron chi connectivity index (χ1n) is 5.66. The van der Waals surface area contributed by atoms with E-state index in [4.69, 9.17) is 0 Å². The van der Waals surface area contributed by atoms with Crippen LogP contribution in [-0.2, 0) is 6.54 Å². The minimum absolute atomic E-state index is 0.216. The highest BCUT2D eigenvalue weighted by Gasteiger charge is 2.14. The van der Waals surface area contributed by atoms with Gasteiger partial charge in [-0.05, 0) is 25.1 Å². The molecule has 1 heterocycles. The SMILES string of the molecule is CNCc1nc(O)c(-c2ccccc2C)c(=O)[nH]1. The number of rotatable bonds is 3. The molecule has 0 radical (unpaired) electrons. The Morgan fingerprint density at radius 2 is 2.11 bits per heavy atom. The van der Waals surface area contributed by atoms with Crippen LogP contribution in [0.2, 0.25) is 0 Å². The van der Waals surface area contributed by atoms with Crippen molar-refractivity contribution in [3.63, 3.8) is 0 Å². The first-order chi connectivity index (χ1) is 8.63. The van der Waals surface area contributed by atoms with E-state index in [1.165, 1.54) is 0 Å². The Bertz CT molecular complexity index is 620. The van der Waals surface area contributed by atoms with Crippen molar-refractivity contribution in [1.82, 2.24) is 15.3 Å². The number of hydrogen-bond donors (Lipinski definition) is 3. The molecule has 0 aliphatic carbocycles. The number of benzene rings is 1. The standard InChI is InChI=1S/C13H15N3O2/c1-8-5-3-4-6-9(8)11-12(17)15-10(7-14-2)16-13(11)18/h3-6,14H,7H2,1-2H3,(H2,15,16,17,18). The lowest BCUT2D eigenvalue weighted by atomic mass is 10.0. The molecule has 18 heavy (non-hydrogen) atoms. The zero-order chi connectivity index (χ0) is 13.1. The third-order valence-corrected chi connectivity index (χ3v) is 2.71. The molecule has 0 aliphatic rings. The Balaban J connectivity index is 2.60.